The van der Waals surface area contributed by atoms with Gasteiger partial charge in [-0.2, -0.15) is 0 Å². The lowest BCUT2D eigenvalue weighted by atomic mass is 10.2. The molecule has 1 heterocycles. The molecule has 0 aliphatic heterocycles. The third kappa shape index (κ3) is 5.33. The predicted octanol–water partition coefficient (Wildman–Crippen LogP) is 5.58. The third-order valence-corrected chi connectivity index (χ3v) is 5.96. The number of hydrogen-bond acceptors (Lipinski definition) is 4. The molecule has 0 saturated heterocycles. The number of para-hydroxylation sites is 1. The molecule has 6 heteroatoms. The summed E-state index contributed by atoms with van der Waals surface area (Å²) in [5, 5.41) is 5.62. The van der Waals surface area contributed by atoms with E-state index in [0.717, 1.165) is 32.1 Å². The molecular weight excluding hydrogens is 372 g/mol. The summed E-state index contributed by atoms with van der Waals surface area (Å²) in [7, 11) is 0. The molecule has 0 aliphatic rings. The van der Waals surface area contributed by atoms with Crippen molar-refractivity contribution >= 4 is 46.3 Å². The molecule has 1 amide bonds. The molecule has 0 bridgehead atoms. The van der Waals surface area contributed by atoms with Crippen LogP contribution in [0.5, 0.6) is 0 Å². The van der Waals surface area contributed by atoms with Gasteiger partial charge in [-0.25, -0.2) is 4.98 Å². The van der Waals surface area contributed by atoms with Gasteiger partial charge in [0.05, 0.1) is 12.1 Å². The summed E-state index contributed by atoms with van der Waals surface area (Å²) in [4.78, 5) is 16.7. The van der Waals surface area contributed by atoms with Gasteiger partial charge in [0.25, 0.3) is 0 Å². The van der Waals surface area contributed by atoms with E-state index in [1.54, 1.807) is 23.1 Å². The standard InChI is InChI=1S/C19H17ClN2OS2/c1-13-4-2-3-5-17(13)22-18(23)10-16-12-25-19(21-16)24-11-14-6-8-15(20)9-7-14/h2-9,12H,10-11H2,1H3,(H,22,23). The lowest BCUT2D eigenvalue weighted by molar-refractivity contribution is -0.115. The normalized spacial score (nSPS) is 10.6. The van der Waals surface area contributed by atoms with Crippen LogP contribution in [0.3, 0.4) is 0 Å². The first-order chi connectivity index (χ1) is 12.1. The van der Waals surface area contributed by atoms with E-state index >= 15 is 0 Å². The highest BCUT2D eigenvalue weighted by Gasteiger charge is 2.09. The van der Waals surface area contributed by atoms with E-state index in [9.17, 15) is 4.79 Å². The van der Waals surface area contributed by atoms with Gasteiger partial charge in [0.1, 0.15) is 4.34 Å². The summed E-state index contributed by atoms with van der Waals surface area (Å²) in [6.45, 7) is 1.98. The lowest BCUT2D eigenvalue weighted by Crippen LogP contribution is -2.15. The summed E-state index contributed by atoms with van der Waals surface area (Å²) >= 11 is 9.13. The number of halogens is 1. The molecule has 0 unspecified atom stereocenters. The largest absolute Gasteiger partial charge is 0.326 e. The van der Waals surface area contributed by atoms with Gasteiger partial charge in [0.15, 0.2) is 0 Å². The van der Waals surface area contributed by atoms with E-state index in [2.05, 4.69) is 10.3 Å². The molecule has 0 spiro atoms. The smallest absolute Gasteiger partial charge is 0.230 e. The van der Waals surface area contributed by atoms with Gasteiger partial charge in [-0.15, -0.1) is 11.3 Å². The highest BCUT2D eigenvalue weighted by atomic mass is 35.5. The van der Waals surface area contributed by atoms with Gasteiger partial charge in [-0.3, -0.25) is 4.79 Å². The second-order valence-electron chi connectivity index (χ2n) is 5.56. The number of benzene rings is 2. The maximum Gasteiger partial charge on any atom is 0.230 e. The quantitative estimate of drug-likeness (QED) is 0.560. The van der Waals surface area contributed by atoms with E-state index in [-0.39, 0.29) is 12.3 Å². The fraction of sp³-hybridized carbons (Fsp3) is 0.158. The molecular formula is C19H17ClN2OS2. The fourth-order valence-electron chi connectivity index (χ4n) is 2.23. The van der Waals surface area contributed by atoms with Crippen LogP contribution in [0.15, 0.2) is 58.3 Å². The van der Waals surface area contributed by atoms with Gasteiger partial charge < -0.3 is 5.32 Å². The van der Waals surface area contributed by atoms with Crippen LogP contribution in [-0.2, 0) is 17.0 Å². The average molecular weight is 389 g/mol. The van der Waals surface area contributed by atoms with E-state index < -0.39 is 0 Å². The Balaban J connectivity index is 1.53. The molecule has 0 fully saturated rings. The molecule has 0 atom stereocenters. The Morgan fingerprint density at radius 2 is 1.96 bits per heavy atom. The number of rotatable bonds is 6. The number of nitrogens with one attached hydrogen (secondary N) is 1. The summed E-state index contributed by atoms with van der Waals surface area (Å²) < 4.78 is 0.966. The van der Waals surface area contributed by atoms with Crippen molar-refractivity contribution in [2.24, 2.45) is 0 Å². The fourth-order valence-corrected chi connectivity index (χ4v) is 4.16. The summed E-state index contributed by atoms with van der Waals surface area (Å²) in [6.07, 6.45) is 0.284. The summed E-state index contributed by atoms with van der Waals surface area (Å²) in [5.74, 6) is 0.786. The van der Waals surface area contributed by atoms with Gasteiger partial charge >= 0.3 is 0 Å². The second kappa shape index (κ2) is 8.52. The number of thioether (sulfide) groups is 1. The highest BCUT2D eigenvalue weighted by molar-refractivity contribution is 8.00. The monoisotopic (exact) mass is 388 g/mol. The first-order valence-corrected chi connectivity index (χ1v) is 10.0. The average Bonchev–Trinajstić information content (AvgIpc) is 3.04. The minimum Gasteiger partial charge on any atom is -0.326 e. The number of aryl methyl sites for hydroxylation is 1. The van der Waals surface area contributed by atoms with Crippen LogP contribution in [0, 0.1) is 6.92 Å². The maximum absolute atomic E-state index is 12.2. The van der Waals surface area contributed by atoms with Crippen molar-refractivity contribution < 1.29 is 4.79 Å². The van der Waals surface area contributed by atoms with Crippen molar-refractivity contribution in [2.75, 3.05) is 5.32 Å². The second-order valence-corrected chi connectivity index (χ2v) is 8.08. The van der Waals surface area contributed by atoms with Crippen molar-refractivity contribution in [3.05, 3.63) is 75.8 Å². The maximum atomic E-state index is 12.2. The lowest BCUT2D eigenvalue weighted by Gasteiger charge is -2.06. The molecule has 0 aliphatic carbocycles. The number of nitrogens with zero attached hydrogens (tertiary/aromatic N) is 1. The number of carbonyl (C=O) groups excluding carboxylic acids is 1. The highest BCUT2D eigenvalue weighted by Crippen LogP contribution is 2.27. The Kier molecular flexibility index (Phi) is 6.13. The number of carbonyl (C=O) groups is 1. The Bertz CT molecular complexity index is 862. The van der Waals surface area contributed by atoms with Crippen LogP contribution < -0.4 is 5.32 Å². The minimum absolute atomic E-state index is 0.0474. The zero-order chi connectivity index (χ0) is 17.6. The van der Waals surface area contributed by atoms with Crippen LogP contribution >= 0.6 is 34.7 Å². The Morgan fingerprint density at radius 3 is 2.72 bits per heavy atom. The number of amides is 1. The third-order valence-electron chi connectivity index (χ3n) is 3.57. The molecule has 25 heavy (non-hydrogen) atoms. The van der Waals surface area contributed by atoms with Crippen LogP contribution in [0.1, 0.15) is 16.8 Å². The molecule has 128 valence electrons. The van der Waals surface area contributed by atoms with Gasteiger partial charge in [-0.05, 0) is 36.2 Å². The van der Waals surface area contributed by atoms with Gasteiger partial charge in [0, 0.05) is 21.8 Å². The van der Waals surface area contributed by atoms with Crippen molar-refractivity contribution in [3.8, 4) is 0 Å². The molecule has 3 nitrogen and oxygen atoms in total. The molecule has 2 aromatic carbocycles. The molecule has 0 saturated carbocycles. The van der Waals surface area contributed by atoms with Crippen LogP contribution in [-0.4, -0.2) is 10.9 Å². The molecule has 0 radical (unpaired) electrons. The van der Waals surface area contributed by atoms with Crippen LogP contribution in [0.2, 0.25) is 5.02 Å². The molecule has 3 aromatic rings. The summed E-state index contributed by atoms with van der Waals surface area (Å²) in [5.41, 5.74) is 3.89. The zero-order valence-electron chi connectivity index (χ0n) is 13.7. The van der Waals surface area contributed by atoms with E-state index in [1.807, 2.05) is 60.8 Å². The van der Waals surface area contributed by atoms with E-state index in [4.69, 9.17) is 11.6 Å². The Labute approximate surface area is 160 Å². The van der Waals surface area contributed by atoms with E-state index in [0.29, 0.717) is 0 Å². The molecule has 1 N–H and O–H groups in total. The van der Waals surface area contributed by atoms with Gasteiger partial charge in [0.2, 0.25) is 5.91 Å². The van der Waals surface area contributed by atoms with Crippen molar-refractivity contribution in [3.63, 3.8) is 0 Å². The number of anilines is 1. The Hall–Kier alpha value is -1.82. The first kappa shape index (κ1) is 18.0. The van der Waals surface area contributed by atoms with Crippen molar-refractivity contribution in [1.82, 2.24) is 4.98 Å². The zero-order valence-corrected chi connectivity index (χ0v) is 16.0. The van der Waals surface area contributed by atoms with Crippen LogP contribution in [0.25, 0.3) is 0 Å². The van der Waals surface area contributed by atoms with Gasteiger partial charge in [-0.1, -0.05) is 53.7 Å². The minimum atomic E-state index is -0.0474. The molecule has 1 aromatic heterocycles. The number of aromatic nitrogens is 1. The van der Waals surface area contributed by atoms with Crippen molar-refractivity contribution in [1.29, 1.82) is 0 Å². The topological polar surface area (TPSA) is 42.0 Å². The number of hydrogen-bond donors (Lipinski definition) is 1. The van der Waals surface area contributed by atoms with Crippen LogP contribution in [0.4, 0.5) is 5.69 Å². The van der Waals surface area contributed by atoms with Crippen molar-refractivity contribution in [2.45, 2.75) is 23.4 Å². The number of thiazole rings is 1. The molecule has 3 rings (SSSR count). The summed E-state index contributed by atoms with van der Waals surface area (Å²) in [6, 6.07) is 15.6. The Morgan fingerprint density at radius 1 is 1.20 bits per heavy atom. The first-order valence-electron chi connectivity index (χ1n) is 7.77. The van der Waals surface area contributed by atoms with E-state index in [1.165, 1.54) is 5.56 Å². The SMILES string of the molecule is Cc1ccccc1NC(=O)Cc1csc(SCc2ccc(Cl)cc2)n1. The predicted molar refractivity (Wildman–Crippen MR) is 107 cm³/mol.